The fraction of sp³-hybridized carbons (Fsp3) is 0.667. The summed E-state index contributed by atoms with van der Waals surface area (Å²) in [6.07, 6.45) is 3.45. The van der Waals surface area contributed by atoms with E-state index in [-0.39, 0.29) is 5.91 Å². The van der Waals surface area contributed by atoms with E-state index in [0.29, 0.717) is 29.0 Å². The number of carbonyl (C=O) groups is 1. The van der Waals surface area contributed by atoms with Crippen LogP contribution in [0.1, 0.15) is 42.4 Å². The number of carbonyl (C=O) groups excluding carboxylic acids is 1. The Balaban J connectivity index is 2.01. The summed E-state index contributed by atoms with van der Waals surface area (Å²) >= 11 is 0. The second-order valence-corrected chi connectivity index (χ2v) is 4.84. The Bertz CT molecular complexity index is 438. The number of aromatic nitrogens is 2. The summed E-state index contributed by atoms with van der Waals surface area (Å²) < 4.78 is 1.55. The number of anilines is 1. The first-order chi connectivity index (χ1) is 8.04. The smallest absolute Gasteiger partial charge is 0.271 e. The lowest BCUT2D eigenvalue weighted by atomic mass is 10.2. The van der Waals surface area contributed by atoms with Gasteiger partial charge in [-0.2, -0.15) is 5.10 Å². The quantitative estimate of drug-likeness (QED) is 0.825. The molecule has 1 aromatic rings. The number of amides is 1. The summed E-state index contributed by atoms with van der Waals surface area (Å²) in [5.41, 5.74) is 7.52. The van der Waals surface area contributed by atoms with Gasteiger partial charge in [-0.1, -0.05) is 13.3 Å². The van der Waals surface area contributed by atoms with Crippen LogP contribution >= 0.6 is 0 Å². The van der Waals surface area contributed by atoms with Crippen LogP contribution in [0.4, 0.5) is 5.69 Å². The average molecular weight is 236 g/mol. The van der Waals surface area contributed by atoms with Gasteiger partial charge in [-0.15, -0.1) is 0 Å². The Morgan fingerprint density at radius 1 is 1.65 bits per heavy atom. The topological polar surface area (TPSA) is 72.9 Å². The van der Waals surface area contributed by atoms with Gasteiger partial charge in [-0.05, 0) is 25.7 Å². The Kier molecular flexibility index (Phi) is 3.09. The molecule has 0 spiro atoms. The Hall–Kier alpha value is -1.52. The summed E-state index contributed by atoms with van der Waals surface area (Å²) in [6, 6.07) is 0.331. The van der Waals surface area contributed by atoms with E-state index in [1.54, 1.807) is 11.7 Å². The molecule has 3 N–H and O–H groups in total. The van der Waals surface area contributed by atoms with E-state index < -0.39 is 0 Å². The molecule has 94 valence electrons. The molecule has 2 atom stereocenters. The number of hydrogen-bond donors (Lipinski definition) is 2. The van der Waals surface area contributed by atoms with Crippen molar-refractivity contribution in [2.75, 3.05) is 5.73 Å². The van der Waals surface area contributed by atoms with Crippen molar-refractivity contribution in [3.8, 4) is 0 Å². The lowest BCUT2D eigenvalue weighted by Gasteiger charge is -2.05. The van der Waals surface area contributed by atoms with Crippen LogP contribution in [0.25, 0.3) is 0 Å². The second kappa shape index (κ2) is 4.39. The van der Waals surface area contributed by atoms with E-state index in [2.05, 4.69) is 17.3 Å². The SMILES string of the molecule is CCCC1CC1NC(=O)c1c(N)c(C)nn1C. The van der Waals surface area contributed by atoms with Crippen LogP contribution in [0.3, 0.4) is 0 Å². The molecule has 1 aliphatic carbocycles. The van der Waals surface area contributed by atoms with Crippen LogP contribution in [0, 0.1) is 12.8 Å². The predicted molar refractivity (Wildman–Crippen MR) is 66.6 cm³/mol. The zero-order valence-electron chi connectivity index (χ0n) is 10.7. The molecule has 1 heterocycles. The number of rotatable bonds is 4. The molecule has 0 bridgehead atoms. The number of nitrogens with two attached hydrogens (primary N) is 1. The molecule has 0 radical (unpaired) electrons. The molecular weight excluding hydrogens is 216 g/mol. The van der Waals surface area contributed by atoms with Crippen LogP contribution in [0.15, 0.2) is 0 Å². The molecule has 5 nitrogen and oxygen atoms in total. The molecule has 1 saturated carbocycles. The highest BCUT2D eigenvalue weighted by Crippen LogP contribution is 2.34. The summed E-state index contributed by atoms with van der Waals surface area (Å²) in [7, 11) is 1.74. The molecule has 2 rings (SSSR count). The van der Waals surface area contributed by atoms with Crippen molar-refractivity contribution in [1.82, 2.24) is 15.1 Å². The normalized spacial score (nSPS) is 22.5. The van der Waals surface area contributed by atoms with Gasteiger partial charge in [0.1, 0.15) is 5.69 Å². The molecule has 0 aromatic carbocycles. The number of nitrogens with zero attached hydrogens (tertiary/aromatic N) is 2. The lowest BCUT2D eigenvalue weighted by molar-refractivity contribution is 0.0940. The van der Waals surface area contributed by atoms with Crippen LogP contribution < -0.4 is 11.1 Å². The van der Waals surface area contributed by atoms with E-state index in [4.69, 9.17) is 5.73 Å². The van der Waals surface area contributed by atoms with Crippen LogP contribution in [0.2, 0.25) is 0 Å². The standard InChI is InChI=1S/C12H20N4O/c1-4-5-8-6-9(8)14-12(17)11-10(13)7(2)15-16(11)3/h8-9H,4-6,13H2,1-3H3,(H,14,17). The molecular formula is C12H20N4O. The maximum atomic E-state index is 12.0. The van der Waals surface area contributed by atoms with Gasteiger partial charge >= 0.3 is 0 Å². The van der Waals surface area contributed by atoms with Gasteiger partial charge in [0.25, 0.3) is 5.91 Å². The van der Waals surface area contributed by atoms with Gasteiger partial charge in [0.15, 0.2) is 0 Å². The largest absolute Gasteiger partial charge is 0.395 e. The molecule has 1 fully saturated rings. The highest BCUT2D eigenvalue weighted by atomic mass is 16.2. The van der Waals surface area contributed by atoms with Crippen molar-refractivity contribution in [3.05, 3.63) is 11.4 Å². The van der Waals surface area contributed by atoms with Crippen LogP contribution in [0.5, 0.6) is 0 Å². The highest BCUT2D eigenvalue weighted by Gasteiger charge is 2.38. The fourth-order valence-corrected chi connectivity index (χ4v) is 2.29. The number of nitrogens with one attached hydrogen (secondary N) is 1. The number of hydrogen-bond acceptors (Lipinski definition) is 3. The van der Waals surface area contributed by atoms with Gasteiger partial charge in [-0.3, -0.25) is 9.48 Å². The number of nitrogen functional groups attached to an aromatic ring is 1. The van der Waals surface area contributed by atoms with E-state index in [0.717, 1.165) is 6.42 Å². The molecule has 1 aromatic heterocycles. The predicted octanol–water partition coefficient (Wildman–Crippen LogP) is 1.23. The maximum absolute atomic E-state index is 12.0. The van der Waals surface area contributed by atoms with Crippen molar-refractivity contribution in [1.29, 1.82) is 0 Å². The first-order valence-electron chi connectivity index (χ1n) is 6.14. The Morgan fingerprint density at radius 3 is 2.88 bits per heavy atom. The third-order valence-corrected chi connectivity index (χ3v) is 3.38. The minimum Gasteiger partial charge on any atom is -0.395 e. The third-order valence-electron chi connectivity index (χ3n) is 3.38. The first-order valence-corrected chi connectivity index (χ1v) is 6.14. The summed E-state index contributed by atoms with van der Waals surface area (Å²) in [5, 5.41) is 7.17. The molecule has 5 heteroatoms. The molecule has 2 unspecified atom stereocenters. The van der Waals surface area contributed by atoms with E-state index in [1.807, 2.05) is 6.92 Å². The summed E-state index contributed by atoms with van der Waals surface area (Å²) in [6.45, 7) is 3.97. The highest BCUT2D eigenvalue weighted by molar-refractivity contribution is 5.98. The van der Waals surface area contributed by atoms with Crippen molar-refractivity contribution in [3.63, 3.8) is 0 Å². The fourth-order valence-electron chi connectivity index (χ4n) is 2.29. The molecule has 17 heavy (non-hydrogen) atoms. The average Bonchev–Trinajstić information content (AvgIpc) is 2.90. The summed E-state index contributed by atoms with van der Waals surface area (Å²) in [5.74, 6) is 0.550. The van der Waals surface area contributed by atoms with Crippen molar-refractivity contribution < 1.29 is 4.79 Å². The number of aryl methyl sites for hydroxylation is 2. The van der Waals surface area contributed by atoms with Crippen LogP contribution in [-0.4, -0.2) is 21.7 Å². The van der Waals surface area contributed by atoms with Gasteiger partial charge < -0.3 is 11.1 Å². The maximum Gasteiger partial charge on any atom is 0.271 e. The summed E-state index contributed by atoms with van der Waals surface area (Å²) in [4.78, 5) is 12.0. The van der Waals surface area contributed by atoms with Gasteiger partial charge in [0.2, 0.25) is 0 Å². The molecule has 1 aliphatic rings. The zero-order valence-corrected chi connectivity index (χ0v) is 10.7. The Labute approximate surface area is 101 Å². The molecule has 0 aliphatic heterocycles. The lowest BCUT2D eigenvalue weighted by Crippen LogP contribution is -2.29. The molecule has 1 amide bonds. The minimum atomic E-state index is -0.103. The van der Waals surface area contributed by atoms with Gasteiger partial charge in [-0.25, -0.2) is 0 Å². The second-order valence-electron chi connectivity index (χ2n) is 4.84. The minimum absolute atomic E-state index is 0.103. The monoisotopic (exact) mass is 236 g/mol. The van der Waals surface area contributed by atoms with Gasteiger partial charge in [0, 0.05) is 13.1 Å². The first kappa shape index (κ1) is 12.0. The van der Waals surface area contributed by atoms with E-state index >= 15 is 0 Å². The van der Waals surface area contributed by atoms with Crippen LogP contribution in [-0.2, 0) is 7.05 Å². The van der Waals surface area contributed by atoms with E-state index in [9.17, 15) is 4.79 Å². The van der Waals surface area contributed by atoms with Gasteiger partial charge in [0.05, 0.1) is 11.4 Å². The van der Waals surface area contributed by atoms with Crippen molar-refractivity contribution in [2.24, 2.45) is 13.0 Å². The zero-order chi connectivity index (χ0) is 12.6. The molecule has 0 saturated heterocycles. The Morgan fingerprint density at radius 2 is 2.35 bits per heavy atom. The van der Waals surface area contributed by atoms with E-state index in [1.165, 1.54) is 12.8 Å². The van der Waals surface area contributed by atoms with Crippen molar-refractivity contribution in [2.45, 2.75) is 39.2 Å². The van der Waals surface area contributed by atoms with Crippen molar-refractivity contribution >= 4 is 11.6 Å². The third kappa shape index (κ3) is 2.28.